The Morgan fingerprint density at radius 1 is 1.15 bits per heavy atom. The highest BCUT2D eigenvalue weighted by molar-refractivity contribution is 6.36. The third-order valence-corrected chi connectivity index (χ3v) is 7.19. The third-order valence-electron chi connectivity index (χ3n) is 6.82. The van der Waals surface area contributed by atoms with E-state index in [9.17, 15) is 9.18 Å². The molecule has 6 rings (SSSR count). The summed E-state index contributed by atoms with van der Waals surface area (Å²) in [7, 11) is 0. The maximum Gasteiger partial charge on any atom is 0.246 e. The molecular formula is C25H18ClF2N5O. The highest BCUT2D eigenvalue weighted by Gasteiger charge is 2.49. The lowest BCUT2D eigenvalue weighted by atomic mass is 9.97. The van der Waals surface area contributed by atoms with Crippen LogP contribution in [0.5, 0.6) is 0 Å². The second-order valence-corrected chi connectivity index (χ2v) is 8.83. The standard InChI is InChI=1S/C25H18ClF2N5O/c1-2-19(34)33-11-18-17(33)8-9-32(18)25-15-10-29-23(22(28)24(15)30-12-31-25)14-5-3-4-13-6-7-16(27)21(26)20(13)14/h2-7,10,12,17-18H,1,8-9,11H2/t17-,18-/m1/s1. The zero-order valence-corrected chi connectivity index (χ0v) is 18.6. The van der Waals surface area contributed by atoms with Gasteiger partial charge in [-0.1, -0.05) is 42.4 Å². The summed E-state index contributed by atoms with van der Waals surface area (Å²) in [5, 5.41) is 1.48. The fourth-order valence-corrected chi connectivity index (χ4v) is 5.43. The molecule has 9 heteroatoms. The lowest BCUT2D eigenvalue weighted by molar-refractivity contribution is -0.133. The molecule has 2 aromatic heterocycles. The van der Waals surface area contributed by atoms with Crippen molar-refractivity contribution in [3.8, 4) is 11.3 Å². The van der Waals surface area contributed by atoms with E-state index in [0.717, 1.165) is 6.42 Å². The second kappa shape index (κ2) is 7.70. The first-order chi connectivity index (χ1) is 16.5. The molecule has 34 heavy (non-hydrogen) atoms. The molecular weight excluding hydrogens is 460 g/mol. The Kier molecular flexibility index (Phi) is 4.74. The van der Waals surface area contributed by atoms with Gasteiger partial charge < -0.3 is 9.80 Å². The van der Waals surface area contributed by atoms with Crippen molar-refractivity contribution in [1.29, 1.82) is 0 Å². The second-order valence-electron chi connectivity index (χ2n) is 8.46. The first-order valence-electron chi connectivity index (χ1n) is 10.9. The summed E-state index contributed by atoms with van der Waals surface area (Å²) in [6.45, 7) is 4.81. The molecule has 2 aromatic carbocycles. The number of benzene rings is 2. The fraction of sp³-hybridized carbons (Fsp3) is 0.200. The molecule has 4 heterocycles. The molecule has 2 atom stereocenters. The van der Waals surface area contributed by atoms with Crippen molar-refractivity contribution in [2.45, 2.75) is 18.5 Å². The molecule has 2 fully saturated rings. The Bertz CT molecular complexity index is 1510. The van der Waals surface area contributed by atoms with Crippen molar-refractivity contribution >= 4 is 45.0 Å². The normalized spacial score (nSPS) is 19.4. The summed E-state index contributed by atoms with van der Waals surface area (Å²) in [6.07, 6.45) is 5.00. The van der Waals surface area contributed by atoms with Gasteiger partial charge in [0.1, 0.15) is 29.2 Å². The van der Waals surface area contributed by atoms with E-state index in [1.807, 2.05) is 0 Å². The molecule has 0 aliphatic carbocycles. The highest BCUT2D eigenvalue weighted by atomic mass is 35.5. The van der Waals surface area contributed by atoms with Gasteiger partial charge in [-0.25, -0.2) is 18.7 Å². The number of pyridine rings is 1. The van der Waals surface area contributed by atoms with Crippen LogP contribution in [0.15, 0.2) is 55.5 Å². The summed E-state index contributed by atoms with van der Waals surface area (Å²) in [6, 6.07) is 8.27. The fourth-order valence-electron chi connectivity index (χ4n) is 5.16. The van der Waals surface area contributed by atoms with Crippen molar-refractivity contribution in [1.82, 2.24) is 19.9 Å². The average Bonchev–Trinajstić information content (AvgIpc) is 3.16. The Labute approximate surface area is 198 Å². The van der Waals surface area contributed by atoms with Crippen LogP contribution in [-0.4, -0.2) is 50.9 Å². The van der Waals surface area contributed by atoms with E-state index in [-0.39, 0.29) is 34.2 Å². The smallest absolute Gasteiger partial charge is 0.246 e. The number of likely N-dealkylation sites (tertiary alicyclic amines) is 1. The van der Waals surface area contributed by atoms with Crippen molar-refractivity contribution in [2.75, 3.05) is 18.0 Å². The van der Waals surface area contributed by atoms with Crippen LogP contribution in [0.2, 0.25) is 5.02 Å². The molecule has 0 spiro atoms. The zero-order chi connectivity index (χ0) is 23.6. The number of fused-ring (bicyclic) bond motifs is 3. The van der Waals surface area contributed by atoms with E-state index in [4.69, 9.17) is 11.6 Å². The predicted octanol–water partition coefficient (Wildman–Crippen LogP) is 4.75. The van der Waals surface area contributed by atoms with Crippen LogP contribution in [0.1, 0.15) is 6.42 Å². The van der Waals surface area contributed by atoms with Crippen LogP contribution in [0.4, 0.5) is 14.6 Å². The Morgan fingerprint density at radius 2 is 2.00 bits per heavy atom. The molecule has 0 radical (unpaired) electrons. The van der Waals surface area contributed by atoms with Gasteiger partial charge in [-0.3, -0.25) is 9.78 Å². The first kappa shape index (κ1) is 20.9. The molecule has 4 aromatic rings. The molecule has 2 saturated heterocycles. The van der Waals surface area contributed by atoms with Crippen molar-refractivity contribution < 1.29 is 13.6 Å². The van der Waals surface area contributed by atoms with Gasteiger partial charge in [0.25, 0.3) is 0 Å². The number of halogens is 3. The SMILES string of the molecule is C=CC(=O)N1C[C@@H]2[C@H]1CCN2c1ncnc2c(F)c(-c3cccc4ccc(F)c(Cl)c34)ncc12. The summed E-state index contributed by atoms with van der Waals surface area (Å²) in [5.41, 5.74) is 0.558. The first-order valence-corrected chi connectivity index (χ1v) is 11.2. The number of aromatic nitrogens is 3. The molecule has 0 unspecified atom stereocenters. The monoisotopic (exact) mass is 477 g/mol. The van der Waals surface area contributed by atoms with Gasteiger partial charge in [-0.05, 0) is 23.9 Å². The zero-order valence-electron chi connectivity index (χ0n) is 17.9. The number of amides is 1. The van der Waals surface area contributed by atoms with Crippen LogP contribution in [0.3, 0.4) is 0 Å². The van der Waals surface area contributed by atoms with Crippen LogP contribution in [0, 0.1) is 11.6 Å². The number of anilines is 1. The topological polar surface area (TPSA) is 62.2 Å². The molecule has 6 nitrogen and oxygen atoms in total. The largest absolute Gasteiger partial charge is 0.349 e. The number of rotatable bonds is 3. The third kappa shape index (κ3) is 2.91. The molecule has 0 saturated carbocycles. The Morgan fingerprint density at radius 3 is 2.82 bits per heavy atom. The van der Waals surface area contributed by atoms with Crippen molar-refractivity contribution in [3.63, 3.8) is 0 Å². The Balaban J connectivity index is 1.45. The quantitative estimate of drug-likeness (QED) is 0.398. The van der Waals surface area contributed by atoms with E-state index < -0.39 is 11.6 Å². The molecule has 0 N–H and O–H groups in total. The van der Waals surface area contributed by atoms with E-state index in [1.54, 1.807) is 35.4 Å². The van der Waals surface area contributed by atoms with Gasteiger partial charge in [-0.15, -0.1) is 0 Å². The van der Waals surface area contributed by atoms with Gasteiger partial charge in [0.05, 0.1) is 22.5 Å². The summed E-state index contributed by atoms with van der Waals surface area (Å²) < 4.78 is 30.0. The van der Waals surface area contributed by atoms with Gasteiger partial charge in [-0.2, -0.15) is 0 Å². The molecule has 0 bridgehead atoms. The molecule has 170 valence electrons. The van der Waals surface area contributed by atoms with Crippen LogP contribution < -0.4 is 4.90 Å². The Hall–Kier alpha value is -3.65. The van der Waals surface area contributed by atoms with E-state index in [2.05, 4.69) is 26.4 Å². The summed E-state index contributed by atoms with van der Waals surface area (Å²) in [5.74, 6) is -0.705. The van der Waals surface area contributed by atoms with Crippen LogP contribution in [-0.2, 0) is 4.79 Å². The lowest BCUT2D eigenvalue weighted by Gasteiger charge is -2.46. The number of nitrogens with zero attached hydrogens (tertiary/aromatic N) is 5. The molecule has 1 amide bonds. The van der Waals surface area contributed by atoms with E-state index in [1.165, 1.54) is 18.5 Å². The maximum atomic E-state index is 15.8. The minimum atomic E-state index is -0.623. The van der Waals surface area contributed by atoms with Gasteiger partial charge >= 0.3 is 0 Å². The van der Waals surface area contributed by atoms with Gasteiger partial charge in [0.15, 0.2) is 5.82 Å². The summed E-state index contributed by atoms with van der Waals surface area (Å²) >= 11 is 6.25. The average molecular weight is 478 g/mol. The number of carbonyl (C=O) groups excluding carboxylic acids is 1. The minimum absolute atomic E-state index is 0.0425. The van der Waals surface area contributed by atoms with Crippen molar-refractivity contribution in [3.05, 3.63) is 72.2 Å². The number of hydrogen-bond donors (Lipinski definition) is 0. The number of carbonyl (C=O) groups is 1. The molecule has 2 aliphatic rings. The predicted molar refractivity (Wildman–Crippen MR) is 127 cm³/mol. The highest BCUT2D eigenvalue weighted by Crippen LogP contribution is 2.40. The van der Waals surface area contributed by atoms with Crippen molar-refractivity contribution in [2.24, 2.45) is 0 Å². The molecule has 2 aliphatic heterocycles. The van der Waals surface area contributed by atoms with E-state index in [0.29, 0.717) is 40.6 Å². The minimum Gasteiger partial charge on any atom is -0.349 e. The van der Waals surface area contributed by atoms with Crippen LogP contribution >= 0.6 is 11.6 Å². The maximum absolute atomic E-state index is 15.8. The number of hydrogen-bond acceptors (Lipinski definition) is 5. The summed E-state index contributed by atoms with van der Waals surface area (Å²) in [4.78, 5) is 28.9. The van der Waals surface area contributed by atoms with Gasteiger partial charge in [0, 0.05) is 30.2 Å². The lowest BCUT2D eigenvalue weighted by Crippen LogP contribution is -2.63. The van der Waals surface area contributed by atoms with E-state index >= 15 is 4.39 Å². The van der Waals surface area contributed by atoms with Crippen LogP contribution in [0.25, 0.3) is 32.9 Å². The van der Waals surface area contributed by atoms with Gasteiger partial charge in [0.2, 0.25) is 5.91 Å².